The lowest BCUT2D eigenvalue weighted by Gasteiger charge is -2.19. The number of anilines is 1. The fourth-order valence-electron chi connectivity index (χ4n) is 2.58. The van der Waals surface area contributed by atoms with Crippen molar-refractivity contribution in [1.82, 2.24) is 10.6 Å². The Morgan fingerprint density at radius 1 is 1.27 bits per heavy atom. The highest BCUT2D eigenvalue weighted by Gasteiger charge is 2.22. The summed E-state index contributed by atoms with van der Waals surface area (Å²) in [6, 6.07) is 7.84. The van der Waals surface area contributed by atoms with Gasteiger partial charge in [-0.1, -0.05) is 11.6 Å². The first-order chi connectivity index (χ1) is 10.5. The largest absolute Gasteiger partial charge is 0.371 e. The lowest BCUT2D eigenvalue weighted by atomic mass is 10.1. The second kappa shape index (κ2) is 8.03. The predicted octanol–water partition coefficient (Wildman–Crippen LogP) is 1.81. The topological polar surface area (TPSA) is 61.4 Å². The van der Waals surface area contributed by atoms with E-state index in [4.69, 9.17) is 11.6 Å². The fraction of sp³-hybridized carbons (Fsp3) is 0.500. The fourth-order valence-corrected chi connectivity index (χ4v) is 2.71. The lowest BCUT2D eigenvalue weighted by Crippen LogP contribution is -2.33. The van der Waals surface area contributed by atoms with Gasteiger partial charge in [-0.05, 0) is 36.6 Å². The van der Waals surface area contributed by atoms with Crippen LogP contribution in [0.15, 0.2) is 24.3 Å². The summed E-state index contributed by atoms with van der Waals surface area (Å²) in [5, 5.41) is 6.30. The summed E-state index contributed by atoms with van der Waals surface area (Å²) in [4.78, 5) is 24.7. The first-order valence-corrected chi connectivity index (χ1v) is 7.94. The van der Waals surface area contributed by atoms with Gasteiger partial charge in [0.25, 0.3) is 0 Å². The van der Waals surface area contributed by atoms with Gasteiger partial charge in [0.1, 0.15) is 0 Å². The normalized spacial score (nSPS) is 17.4. The smallest absolute Gasteiger partial charge is 0.221 e. The van der Waals surface area contributed by atoms with E-state index in [-0.39, 0.29) is 11.8 Å². The summed E-state index contributed by atoms with van der Waals surface area (Å²) < 4.78 is 0. The van der Waals surface area contributed by atoms with Gasteiger partial charge in [0.2, 0.25) is 11.8 Å². The van der Waals surface area contributed by atoms with E-state index in [9.17, 15) is 9.59 Å². The molecular weight excluding hydrogens is 302 g/mol. The Balaban J connectivity index is 1.69. The molecule has 0 aliphatic carbocycles. The Kier molecular flexibility index (Phi) is 6.07. The molecule has 1 fully saturated rings. The molecule has 2 N–H and O–H groups in total. The number of carbonyl (C=O) groups is 2. The minimum absolute atomic E-state index is 0.0151. The quantitative estimate of drug-likeness (QED) is 0.839. The Morgan fingerprint density at radius 3 is 2.68 bits per heavy atom. The number of halogens is 1. The second-order valence-electron chi connectivity index (χ2n) is 5.61. The van der Waals surface area contributed by atoms with Crippen LogP contribution >= 0.6 is 11.6 Å². The first kappa shape index (κ1) is 16.6. The van der Waals surface area contributed by atoms with Crippen LogP contribution in [0.5, 0.6) is 0 Å². The molecule has 22 heavy (non-hydrogen) atoms. The SMILES string of the molecule is CC(=O)NCCC(=O)NC[C@@H]1CCN(c2ccc(Cl)cc2)C1. The molecule has 0 unspecified atom stereocenters. The zero-order chi connectivity index (χ0) is 15.9. The van der Waals surface area contributed by atoms with Gasteiger partial charge in [-0.25, -0.2) is 0 Å². The van der Waals surface area contributed by atoms with Gasteiger partial charge in [0.15, 0.2) is 0 Å². The maximum atomic E-state index is 11.7. The van der Waals surface area contributed by atoms with Crippen LogP contribution in [0.4, 0.5) is 5.69 Å². The standard InChI is InChI=1S/C16H22ClN3O2/c1-12(21)18-8-6-16(22)19-10-13-7-9-20(11-13)15-4-2-14(17)3-5-15/h2-5,13H,6-11H2,1H3,(H,18,21)(H,19,22)/t13-/m0/s1. The highest BCUT2D eigenvalue weighted by molar-refractivity contribution is 6.30. The minimum atomic E-state index is -0.109. The molecular formula is C16H22ClN3O2. The van der Waals surface area contributed by atoms with Crippen molar-refractivity contribution in [3.8, 4) is 0 Å². The Bertz CT molecular complexity index is 519. The number of nitrogens with one attached hydrogen (secondary N) is 2. The molecule has 1 aromatic rings. The van der Waals surface area contributed by atoms with Crippen LogP contribution in [0.25, 0.3) is 0 Å². The van der Waals surface area contributed by atoms with Crippen molar-refractivity contribution in [2.75, 3.05) is 31.1 Å². The number of benzene rings is 1. The van der Waals surface area contributed by atoms with Crippen LogP contribution in [0, 0.1) is 5.92 Å². The second-order valence-corrected chi connectivity index (χ2v) is 6.05. The molecule has 6 heteroatoms. The number of hydrogen-bond acceptors (Lipinski definition) is 3. The van der Waals surface area contributed by atoms with E-state index in [0.29, 0.717) is 25.4 Å². The Morgan fingerprint density at radius 2 is 2.00 bits per heavy atom. The average molecular weight is 324 g/mol. The molecule has 0 radical (unpaired) electrons. The summed E-state index contributed by atoms with van der Waals surface area (Å²) in [5.41, 5.74) is 1.17. The third-order valence-corrected chi connectivity index (χ3v) is 4.04. The maximum absolute atomic E-state index is 11.7. The minimum Gasteiger partial charge on any atom is -0.371 e. The summed E-state index contributed by atoms with van der Waals surface area (Å²) in [5.74, 6) is 0.335. The van der Waals surface area contributed by atoms with Gasteiger partial charge in [0, 0.05) is 50.2 Å². The van der Waals surface area contributed by atoms with Gasteiger partial charge < -0.3 is 15.5 Å². The van der Waals surface area contributed by atoms with Crippen molar-refractivity contribution >= 4 is 29.1 Å². The van der Waals surface area contributed by atoms with E-state index in [1.54, 1.807) is 0 Å². The van der Waals surface area contributed by atoms with Crippen molar-refractivity contribution in [1.29, 1.82) is 0 Å². The maximum Gasteiger partial charge on any atom is 0.221 e. The number of amides is 2. The number of rotatable bonds is 6. The van der Waals surface area contributed by atoms with Crippen molar-refractivity contribution in [3.63, 3.8) is 0 Å². The van der Waals surface area contributed by atoms with Crippen molar-refractivity contribution in [3.05, 3.63) is 29.3 Å². The molecule has 0 saturated carbocycles. The molecule has 2 amide bonds. The molecule has 5 nitrogen and oxygen atoms in total. The van der Waals surface area contributed by atoms with Crippen molar-refractivity contribution < 1.29 is 9.59 Å². The summed E-state index contributed by atoms with van der Waals surface area (Å²) >= 11 is 5.90. The van der Waals surface area contributed by atoms with Crippen LogP contribution in [0.2, 0.25) is 5.02 Å². The Hall–Kier alpha value is -1.75. The molecule has 120 valence electrons. The number of hydrogen-bond donors (Lipinski definition) is 2. The van der Waals surface area contributed by atoms with E-state index >= 15 is 0 Å². The average Bonchev–Trinajstić information content (AvgIpc) is 2.94. The summed E-state index contributed by atoms with van der Waals surface area (Å²) in [6.45, 7) is 4.45. The highest BCUT2D eigenvalue weighted by Crippen LogP contribution is 2.24. The van der Waals surface area contributed by atoms with E-state index in [1.807, 2.05) is 24.3 Å². The van der Waals surface area contributed by atoms with Gasteiger partial charge in [-0.2, -0.15) is 0 Å². The summed E-state index contributed by atoms with van der Waals surface area (Å²) in [6.07, 6.45) is 1.39. The lowest BCUT2D eigenvalue weighted by molar-refractivity contribution is -0.121. The van der Waals surface area contributed by atoms with Crippen molar-refractivity contribution in [2.45, 2.75) is 19.8 Å². The van der Waals surface area contributed by atoms with Crippen molar-refractivity contribution in [2.24, 2.45) is 5.92 Å². The van der Waals surface area contributed by atoms with Crippen LogP contribution in [0.1, 0.15) is 19.8 Å². The predicted molar refractivity (Wildman–Crippen MR) is 88.1 cm³/mol. The number of carbonyl (C=O) groups excluding carboxylic acids is 2. The van der Waals surface area contributed by atoms with Crippen LogP contribution in [-0.4, -0.2) is 38.0 Å². The molecule has 0 aromatic heterocycles. The van der Waals surface area contributed by atoms with Gasteiger partial charge in [-0.3, -0.25) is 9.59 Å². The first-order valence-electron chi connectivity index (χ1n) is 7.56. The zero-order valence-corrected chi connectivity index (χ0v) is 13.5. The molecule has 1 aliphatic heterocycles. The van der Waals surface area contributed by atoms with Crippen LogP contribution in [-0.2, 0) is 9.59 Å². The number of nitrogens with zero attached hydrogens (tertiary/aromatic N) is 1. The molecule has 0 spiro atoms. The van der Waals surface area contributed by atoms with E-state index in [0.717, 1.165) is 24.5 Å². The van der Waals surface area contributed by atoms with Gasteiger partial charge in [0.05, 0.1) is 0 Å². The summed E-state index contributed by atoms with van der Waals surface area (Å²) in [7, 11) is 0. The monoisotopic (exact) mass is 323 g/mol. The van der Waals surface area contributed by atoms with Gasteiger partial charge >= 0.3 is 0 Å². The van der Waals surface area contributed by atoms with E-state index in [2.05, 4.69) is 15.5 Å². The third-order valence-electron chi connectivity index (χ3n) is 3.79. The van der Waals surface area contributed by atoms with Gasteiger partial charge in [-0.15, -0.1) is 0 Å². The molecule has 2 rings (SSSR count). The molecule has 1 heterocycles. The van der Waals surface area contributed by atoms with E-state index in [1.165, 1.54) is 12.6 Å². The van der Waals surface area contributed by atoms with E-state index < -0.39 is 0 Å². The Labute approximate surface area is 136 Å². The molecule has 1 saturated heterocycles. The third kappa shape index (κ3) is 5.22. The zero-order valence-electron chi connectivity index (χ0n) is 12.8. The molecule has 0 bridgehead atoms. The van der Waals surface area contributed by atoms with Crippen LogP contribution in [0.3, 0.4) is 0 Å². The molecule has 1 aromatic carbocycles. The highest BCUT2D eigenvalue weighted by atomic mass is 35.5. The van der Waals surface area contributed by atoms with Crippen LogP contribution < -0.4 is 15.5 Å². The molecule has 1 atom stereocenters. The molecule has 1 aliphatic rings.